The second-order valence-corrected chi connectivity index (χ2v) is 4.46. The van der Waals surface area contributed by atoms with Gasteiger partial charge in [-0.1, -0.05) is 23.7 Å². The Kier molecular flexibility index (Phi) is 4.42. The van der Waals surface area contributed by atoms with Crippen molar-refractivity contribution < 1.29 is 9.94 Å². The average Bonchev–Trinajstić information content (AvgIpc) is 2.49. The number of amidine groups is 1. The van der Waals surface area contributed by atoms with Crippen LogP contribution in [0.5, 0.6) is 11.6 Å². The van der Waals surface area contributed by atoms with Crippen molar-refractivity contribution in [3.8, 4) is 11.6 Å². The van der Waals surface area contributed by atoms with Crippen molar-refractivity contribution >= 4 is 17.4 Å². The van der Waals surface area contributed by atoms with Gasteiger partial charge in [-0.05, 0) is 42.3 Å². The van der Waals surface area contributed by atoms with Crippen LogP contribution in [0.2, 0.25) is 5.02 Å². The number of nitrogens with two attached hydrogens (primary N) is 1. The van der Waals surface area contributed by atoms with Crippen molar-refractivity contribution in [3.63, 3.8) is 0 Å². The van der Waals surface area contributed by atoms with E-state index in [4.69, 9.17) is 27.3 Å². The highest BCUT2D eigenvalue weighted by atomic mass is 35.5. The maximum absolute atomic E-state index is 8.76. The summed E-state index contributed by atoms with van der Waals surface area (Å²) < 4.78 is 5.69. The lowest BCUT2D eigenvalue weighted by atomic mass is 10.1. The molecular formula is C14H14ClN3O2. The summed E-state index contributed by atoms with van der Waals surface area (Å²) in [4.78, 5) is 4.09. The number of halogens is 1. The predicted molar refractivity (Wildman–Crippen MR) is 77.7 cm³/mol. The number of pyridine rings is 1. The Morgan fingerprint density at radius 2 is 2.25 bits per heavy atom. The maximum atomic E-state index is 8.76. The van der Waals surface area contributed by atoms with E-state index in [1.165, 1.54) is 0 Å². The minimum absolute atomic E-state index is 0.0576. The monoisotopic (exact) mass is 291 g/mol. The fourth-order valence-corrected chi connectivity index (χ4v) is 1.97. The van der Waals surface area contributed by atoms with Gasteiger partial charge in [0, 0.05) is 11.2 Å². The van der Waals surface area contributed by atoms with Crippen LogP contribution in [0.3, 0.4) is 0 Å². The third-order valence-electron chi connectivity index (χ3n) is 2.77. The summed E-state index contributed by atoms with van der Waals surface area (Å²) >= 11 is 6.06. The Hall–Kier alpha value is -2.27. The standard InChI is InChI=1S/C14H14ClN3O2/c1-2-9-8-10(5-6-12(9)15)20-14-11(13(16)18-19)4-3-7-17-14/h3-8,19H,2H2,1H3,(H2,16,18). The van der Waals surface area contributed by atoms with Gasteiger partial charge in [-0.25, -0.2) is 4.98 Å². The topological polar surface area (TPSA) is 80.7 Å². The van der Waals surface area contributed by atoms with Crippen molar-refractivity contribution in [1.82, 2.24) is 4.98 Å². The molecule has 2 aromatic rings. The van der Waals surface area contributed by atoms with E-state index in [9.17, 15) is 0 Å². The van der Waals surface area contributed by atoms with Crippen LogP contribution in [0.15, 0.2) is 41.7 Å². The highest BCUT2D eigenvalue weighted by molar-refractivity contribution is 6.31. The molecule has 1 aromatic heterocycles. The highest BCUT2D eigenvalue weighted by Gasteiger charge is 2.11. The van der Waals surface area contributed by atoms with Gasteiger partial charge in [-0.3, -0.25) is 0 Å². The van der Waals surface area contributed by atoms with Crippen LogP contribution in [0.4, 0.5) is 0 Å². The molecule has 0 amide bonds. The Morgan fingerprint density at radius 1 is 1.45 bits per heavy atom. The van der Waals surface area contributed by atoms with Crippen LogP contribution in [-0.4, -0.2) is 16.0 Å². The second kappa shape index (κ2) is 6.25. The molecule has 1 heterocycles. The maximum Gasteiger partial charge on any atom is 0.230 e. The molecule has 0 aliphatic carbocycles. The summed E-state index contributed by atoms with van der Waals surface area (Å²) in [5.74, 6) is 0.807. The van der Waals surface area contributed by atoms with Crippen molar-refractivity contribution in [2.24, 2.45) is 10.9 Å². The number of rotatable bonds is 4. The number of aromatic nitrogens is 1. The molecule has 0 spiro atoms. The molecule has 0 saturated carbocycles. The number of hydrogen-bond donors (Lipinski definition) is 2. The summed E-state index contributed by atoms with van der Waals surface area (Å²) in [5, 5.41) is 12.4. The first kappa shape index (κ1) is 14.1. The molecule has 0 radical (unpaired) electrons. The molecule has 2 rings (SSSR count). The fourth-order valence-electron chi connectivity index (χ4n) is 1.72. The summed E-state index contributed by atoms with van der Waals surface area (Å²) in [6.45, 7) is 2.01. The van der Waals surface area contributed by atoms with Crippen molar-refractivity contribution in [2.45, 2.75) is 13.3 Å². The zero-order valence-electron chi connectivity index (χ0n) is 10.9. The first-order valence-electron chi connectivity index (χ1n) is 6.05. The minimum atomic E-state index is -0.0576. The summed E-state index contributed by atoms with van der Waals surface area (Å²) in [6.07, 6.45) is 2.37. The number of ether oxygens (including phenoxy) is 1. The summed E-state index contributed by atoms with van der Waals surface area (Å²) in [7, 11) is 0. The lowest BCUT2D eigenvalue weighted by molar-refractivity contribution is 0.318. The summed E-state index contributed by atoms with van der Waals surface area (Å²) in [6, 6.07) is 8.69. The molecule has 0 atom stereocenters. The van der Waals surface area contributed by atoms with Gasteiger partial charge in [0.1, 0.15) is 5.75 Å². The van der Waals surface area contributed by atoms with E-state index >= 15 is 0 Å². The third-order valence-corrected chi connectivity index (χ3v) is 3.14. The van der Waals surface area contributed by atoms with Crippen LogP contribution >= 0.6 is 11.6 Å². The smallest absolute Gasteiger partial charge is 0.230 e. The zero-order valence-corrected chi connectivity index (χ0v) is 11.6. The molecule has 1 aromatic carbocycles. The SMILES string of the molecule is CCc1cc(Oc2ncccc2/C(N)=N/O)ccc1Cl. The molecule has 0 aliphatic rings. The molecule has 0 unspecified atom stereocenters. The van der Waals surface area contributed by atoms with Gasteiger partial charge < -0.3 is 15.7 Å². The normalized spacial score (nSPS) is 11.4. The zero-order chi connectivity index (χ0) is 14.5. The largest absolute Gasteiger partial charge is 0.438 e. The van der Waals surface area contributed by atoms with Gasteiger partial charge in [0.25, 0.3) is 0 Å². The average molecular weight is 292 g/mol. The lowest BCUT2D eigenvalue weighted by Gasteiger charge is -2.10. The van der Waals surface area contributed by atoms with Crippen molar-refractivity contribution in [2.75, 3.05) is 0 Å². The van der Waals surface area contributed by atoms with Crippen LogP contribution in [0.25, 0.3) is 0 Å². The van der Waals surface area contributed by atoms with E-state index in [0.29, 0.717) is 16.3 Å². The Bertz CT molecular complexity index is 644. The van der Waals surface area contributed by atoms with Crippen LogP contribution < -0.4 is 10.5 Å². The molecule has 5 nitrogen and oxygen atoms in total. The molecule has 6 heteroatoms. The van der Waals surface area contributed by atoms with E-state index in [-0.39, 0.29) is 11.7 Å². The van der Waals surface area contributed by atoms with E-state index in [0.717, 1.165) is 12.0 Å². The number of aryl methyl sites for hydroxylation is 1. The molecule has 3 N–H and O–H groups in total. The Balaban J connectivity index is 2.35. The molecule has 0 saturated heterocycles. The molecular weight excluding hydrogens is 278 g/mol. The molecule has 104 valence electrons. The highest BCUT2D eigenvalue weighted by Crippen LogP contribution is 2.27. The van der Waals surface area contributed by atoms with E-state index in [1.54, 1.807) is 30.5 Å². The van der Waals surface area contributed by atoms with Gasteiger partial charge >= 0.3 is 0 Å². The predicted octanol–water partition coefficient (Wildman–Crippen LogP) is 3.18. The molecule has 20 heavy (non-hydrogen) atoms. The number of hydrogen-bond acceptors (Lipinski definition) is 4. The van der Waals surface area contributed by atoms with E-state index < -0.39 is 0 Å². The molecule has 0 bridgehead atoms. The Morgan fingerprint density at radius 3 is 2.95 bits per heavy atom. The van der Waals surface area contributed by atoms with Gasteiger partial charge in [0.05, 0.1) is 5.56 Å². The molecule has 0 fully saturated rings. The van der Waals surface area contributed by atoms with Gasteiger partial charge in [0.15, 0.2) is 5.84 Å². The van der Waals surface area contributed by atoms with Gasteiger partial charge in [0.2, 0.25) is 5.88 Å². The van der Waals surface area contributed by atoms with Crippen LogP contribution in [0, 0.1) is 0 Å². The number of oxime groups is 1. The van der Waals surface area contributed by atoms with Gasteiger partial charge in [-0.15, -0.1) is 0 Å². The van der Waals surface area contributed by atoms with Crippen LogP contribution in [-0.2, 0) is 6.42 Å². The second-order valence-electron chi connectivity index (χ2n) is 4.05. The molecule has 0 aliphatic heterocycles. The minimum Gasteiger partial charge on any atom is -0.438 e. The van der Waals surface area contributed by atoms with Crippen molar-refractivity contribution in [3.05, 3.63) is 52.7 Å². The van der Waals surface area contributed by atoms with E-state index in [2.05, 4.69) is 10.1 Å². The van der Waals surface area contributed by atoms with Crippen molar-refractivity contribution in [1.29, 1.82) is 0 Å². The lowest BCUT2D eigenvalue weighted by Crippen LogP contribution is -2.14. The van der Waals surface area contributed by atoms with E-state index in [1.807, 2.05) is 13.0 Å². The summed E-state index contributed by atoms with van der Waals surface area (Å²) in [5.41, 5.74) is 6.98. The van der Waals surface area contributed by atoms with Gasteiger partial charge in [-0.2, -0.15) is 0 Å². The van der Waals surface area contributed by atoms with Crippen LogP contribution in [0.1, 0.15) is 18.1 Å². The number of nitrogens with zero attached hydrogens (tertiary/aromatic N) is 2. The first-order chi connectivity index (χ1) is 9.65. The third kappa shape index (κ3) is 3.00. The fraction of sp³-hybridized carbons (Fsp3) is 0.143. The quantitative estimate of drug-likeness (QED) is 0.392. The Labute approximate surface area is 121 Å². The first-order valence-corrected chi connectivity index (χ1v) is 6.42. The number of benzene rings is 1.